The fourth-order valence-corrected chi connectivity index (χ4v) is 5.81. The van der Waals surface area contributed by atoms with E-state index in [-0.39, 0.29) is 61.5 Å². The van der Waals surface area contributed by atoms with Crippen LogP contribution < -0.4 is 10.1 Å². The summed E-state index contributed by atoms with van der Waals surface area (Å²) in [5.41, 5.74) is -2.94. The van der Waals surface area contributed by atoms with E-state index in [0.29, 0.717) is 11.8 Å². The lowest BCUT2D eigenvalue weighted by molar-refractivity contribution is -0.321. The van der Waals surface area contributed by atoms with Crippen LogP contribution in [0, 0.1) is 5.82 Å². The molecule has 42 heavy (non-hydrogen) atoms. The van der Waals surface area contributed by atoms with Gasteiger partial charge in [-0.15, -0.1) is 0 Å². The molecule has 2 heterocycles. The van der Waals surface area contributed by atoms with Gasteiger partial charge >= 0.3 is 0 Å². The Morgan fingerprint density at radius 3 is 2.43 bits per heavy atom. The summed E-state index contributed by atoms with van der Waals surface area (Å²) in [5, 5.41) is 35.9. The third-order valence-corrected chi connectivity index (χ3v) is 7.53. The summed E-state index contributed by atoms with van der Waals surface area (Å²) in [6, 6.07) is 8.39. The number of nitrogens with one attached hydrogen (secondary N) is 1. The van der Waals surface area contributed by atoms with Crippen LogP contribution in [0.25, 0.3) is 0 Å². The number of hydrogen-bond acceptors (Lipinski definition) is 9. The predicted octanol–water partition coefficient (Wildman–Crippen LogP) is 1.76. The number of hydrogen-bond donors (Lipinski definition) is 4. The van der Waals surface area contributed by atoms with E-state index in [1.54, 1.807) is 12.1 Å². The maximum Gasteiger partial charge on any atom is 0.273 e. The van der Waals surface area contributed by atoms with Crippen LogP contribution in [-0.4, -0.2) is 80.3 Å². The highest BCUT2D eigenvalue weighted by molar-refractivity contribution is 6.02. The van der Waals surface area contributed by atoms with Gasteiger partial charge in [-0.2, -0.15) is 0 Å². The molecule has 2 aliphatic heterocycles. The highest BCUT2D eigenvalue weighted by Crippen LogP contribution is 2.38. The standard InChI is InChI=1S/C30H38FN3O8/c1-27(2)17-33(18-28(3,4)42-27)30(39,40)20-10-11-23(31)19(14-20)16-41-24-9-6-8-21-22(24)15-34(25(21)36)29(38,12-7-13-35)26(37)32-5/h6,8-11,13-14,38-40H,7,12,15-18H2,1-5H3,(H,32,37). The summed E-state index contributed by atoms with van der Waals surface area (Å²) in [7, 11) is 1.31. The normalized spacial score (nSPS) is 19.6. The lowest BCUT2D eigenvalue weighted by Crippen LogP contribution is -2.63. The number of amides is 2. The Balaban J connectivity index is 1.58. The number of fused-ring (bicyclic) bond motifs is 1. The number of aliphatic hydroxyl groups is 3. The van der Waals surface area contributed by atoms with E-state index in [1.165, 1.54) is 30.1 Å². The molecule has 1 atom stereocenters. The summed E-state index contributed by atoms with van der Waals surface area (Å²) in [5.74, 6) is -4.30. The number of ether oxygens (including phenoxy) is 2. The van der Waals surface area contributed by atoms with Gasteiger partial charge in [0, 0.05) is 55.2 Å². The van der Waals surface area contributed by atoms with E-state index < -0.39 is 40.5 Å². The molecule has 2 aromatic rings. The molecule has 12 heteroatoms. The third-order valence-electron chi connectivity index (χ3n) is 7.53. The van der Waals surface area contributed by atoms with Gasteiger partial charge in [0.05, 0.1) is 17.7 Å². The molecule has 1 unspecified atom stereocenters. The zero-order valence-corrected chi connectivity index (χ0v) is 24.4. The fourth-order valence-electron chi connectivity index (χ4n) is 5.81. The van der Waals surface area contributed by atoms with Crippen molar-refractivity contribution in [2.24, 2.45) is 0 Å². The molecular weight excluding hydrogens is 549 g/mol. The molecule has 1 fully saturated rings. The van der Waals surface area contributed by atoms with Crippen LogP contribution in [-0.2, 0) is 33.4 Å². The Kier molecular flexibility index (Phi) is 8.51. The van der Waals surface area contributed by atoms with Gasteiger partial charge in [-0.05, 0) is 58.0 Å². The fraction of sp³-hybridized carbons (Fsp3) is 0.500. The Hall–Kier alpha value is -3.42. The van der Waals surface area contributed by atoms with Crippen LogP contribution in [0.15, 0.2) is 36.4 Å². The first-order chi connectivity index (χ1) is 19.5. The van der Waals surface area contributed by atoms with E-state index in [9.17, 15) is 34.1 Å². The number of likely N-dealkylation sites (N-methyl/N-ethyl adjacent to an activating group) is 1. The predicted molar refractivity (Wildman–Crippen MR) is 148 cm³/mol. The molecule has 0 aliphatic carbocycles. The lowest BCUT2D eigenvalue weighted by atomic mass is 9.96. The van der Waals surface area contributed by atoms with Gasteiger partial charge in [-0.3, -0.25) is 14.5 Å². The van der Waals surface area contributed by atoms with E-state index in [4.69, 9.17) is 9.47 Å². The van der Waals surface area contributed by atoms with E-state index in [1.807, 2.05) is 27.7 Å². The van der Waals surface area contributed by atoms with Crippen molar-refractivity contribution in [3.63, 3.8) is 0 Å². The van der Waals surface area contributed by atoms with Crippen LogP contribution in [0.2, 0.25) is 0 Å². The average molecular weight is 588 g/mol. The first-order valence-electron chi connectivity index (χ1n) is 13.7. The molecule has 0 saturated carbocycles. The molecule has 2 aliphatic rings. The van der Waals surface area contributed by atoms with Gasteiger partial charge in [0.1, 0.15) is 24.5 Å². The molecule has 4 rings (SSSR count). The molecule has 11 nitrogen and oxygen atoms in total. The number of morpholine rings is 1. The largest absolute Gasteiger partial charge is 0.488 e. The van der Waals surface area contributed by atoms with Crippen molar-refractivity contribution in [3.8, 4) is 5.75 Å². The molecule has 228 valence electrons. The van der Waals surface area contributed by atoms with Crippen molar-refractivity contribution < 1.29 is 43.6 Å². The van der Waals surface area contributed by atoms with Crippen molar-refractivity contribution in [2.75, 3.05) is 20.1 Å². The maximum atomic E-state index is 14.9. The summed E-state index contributed by atoms with van der Waals surface area (Å²) in [6.07, 6.45) is 0.0956. The number of rotatable bonds is 10. The zero-order chi connectivity index (χ0) is 31.1. The highest BCUT2D eigenvalue weighted by atomic mass is 19.1. The number of halogens is 1. The second kappa shape index (κ2) is 11.3. The second-order valence-corrected chi connectivity index (χ2v) is 12.0. The Labute approximate surface area is 243 Å². The quantitative estimate of drug-likeness (QED) is 0.241. The van der Waals surface area contributed by atoms with Crippen molar-refractivity contribution in [3.05, 3.63) is 64.5 Å². The van der Waals surface area contributed by atoms with Gasteiger partial charge in [0.2, 0.25) is 5.72 Å². The molecule has 2 aromatic carbocycles. The average Bonchev–Trinajstić information content (AvgIpc) is 3.26. The van der Waals surface area contributed by atoms with E-state index in [0.717, 1.165) is 11.0 Å². The molecule has 4 N–H and O–H groups in total. The molecule has 0 aromatic heterocycles. The Bertz CT molecular complexity index is 1360. The Morgan fingerprint density at radius 1 is 1.14 bits per heavy atom. The van der Waals surface area contributed by atoms with E-state index >= 15 is 0 Å². The molecule has 2 amide bonds. The summed E-state index contributed by atoms with van der Waals surface area (Å²) in [6.45, 7) is 7.32. The van der Waals surface area contributed by atoms with Crippen LogP contribution in [0.5, 0.6) is 5.75 Å². The number of benzene rings is 2. The number of nitrogens with zero attached hydrogens (tertiary/aromatic N) is 2. The minimum absolute atomic E-state index is 0.0402. The lowest BCUT2D eigenvalue weighted by Gasteiger charge is -2.50. The number of carbonyl (C=O) groups excluding carboxylic acids is 3. The van der Waals surface area contributed by atoms with Crippen molar-refractivity contribution in [1.82, 2.24) is 15.1 Å². The van der Waals surface area contributed by atoms with Crippen LogP contribution in [0.4, 0.5) is 4.39 Å². The Morgan fingerprint density at radius 2 is 1.81 bits per heavy atom. The molecule has 0 bridgehead atoms. The molecule has 1 saturated heterocycles. The van der Waals surface area contributed by atoms with Gasteiger partial charge in [-0.1, -0.05) is 6.07 Å². The number of carbonyl (C=O) groups is 3. The molecule has 0 spiro atoms. The van der Waals surface area contributed by atoms with Gasteiger partial charge < -0.3 is 34.9 Å². The van der Waals surface area contributed by atoms with Crippen LogP contribution in [0.1, 0.15) is 67.6 Å². The molecular formula is C30H38FN3O8. The van der Waals surface area contributed by atoms with Crippen molar-refractivity contribution in [1.29, 1.82) is 0 Å². The SMILES string of the molecule is CNC(=O)C(O)(CCC=O)N1Cc2c(OCc3cc(C(O)(O)N4CC(C)(C)OC(C)(C)C4)ccc3F)cccc2C1=O. The first-order valence-corrected chi connectivity index (χ1v) is 13.7. The first kappa shape index (κ1) is 31.5. The van der Waals surface area contributed by atoms with Crippen molar-refractivity contribution in [2.45, 2.75) is 76.5 Å². The monoisotopic (exact) mass is 587 g/mol. The van der Waals surface area contributed by atoms with Gasteiger partial charge in [0.25, 0.3) is 17.7 Å². The van der Waals surface area contributed by atoms with E-state index in [2.05, 4.69) is 5.32 Å². The van der Waals surface area contributed by atoms with Gasteiger partial charge in [0.15, 0.2) is 0 Å². The highest BCUT2D eigenvalue weighted by Gasteiger charge is 2.49. The maximum absolute atomic E-state index is 14.9. The topological polar surface area (TPSA) is 149 Å². The zero-order valence-electron chi connectivity index (χ0n) is 24.4. The van der Waals surface area contributed by atoms with Crippen LogP contribution in [0.3, 0.4) is 0 Å². The smallest absolute Gasteiger partial charge is 0.273 e. The van der Waals surface area contributed by atoms with Crippen LogP contribution >= 0.6 is 0 Å². The molecule has 0 radical (unpaired) electrons. The second-order valence-electron chi connectivity index (χ2n) is 12.0. The van der Waals surface area contributed by atoms with Gasteiger partial charge in [-0.25, -0.2) is 9.29 Å². The van der Waals surface area contributed by atoms with Crippen molar-refractivity contribution >= 4 is 18.1 Å². The number of aldehydes is 1. The minimum atomic E-state index is -2.42. The minimum Gasteiger partial charge on any atom is -0.488 e. The summed E-state index contributed by atoms with van der Waals surface area (Å²) < 4.78 is 26.9. The summed E-state index contributed by atoms with van der Waals surface area (Å²) in [4.78, 5) is 39.2. The third kappa shape index (κ3) is 6.04. The summed E-state index contributed by atoms with van der Waals surface area (Å²) >= 11 is 0.